The van der Waals surface area contributed by atoms with Gasteiger partial charge in [-0.05, 0) is 24.5 Å². The van der Waals surface area contributed by atoms with Crippen molar-refractivity contribution in [2.45, 2.75) is 32.1 Å². The first-order chi connectivity index (χ1) is 12.0. The average molecular weight is 362 g/mol. The summed E-state index contributed by atoms with van der Waals surface area (Å²) in [7, 11) is 1.83. The van der Waals surface area contributed by atoms with Crippen LogP contribution in [0.5, 0.6) is 0 Å². The lowest BCUT2D eigenvalue weighted by atomic mass is 10.0. The lowest BCUT2D eigenvalue weighted by Crippen LogP contribution is -2.35. The molecule has 136 valence electrons. The molecule has 1 atom stereocenters. The van der Waals surface area contributed by atoms with Crippen LogP contribution >= 0.6 is 11.8 Å². The van der Waals surface area contributed by atoms with E-state index in [9.17, 15) is 4.79 Å². The van der Waals surface area contributed by atoms with Crippen LogP contribution in [0.15, 0.2) is 41.0 Å². The molecule has 25 heavy (non-hydrogen) atoms. The smallest absolute Gasteiger partial charge is 0.232 e. The number of amides is 1. The fourth-order valence-corrected chi connectivity index (χ4v) is 3.08. The number of carbonyl (C=O) groups is 1. The zero-order valence-corrected chi connectivity index (χ0v) is 16.0. The molecule has 1 aromatic heterocycles. The zero-order chi connectivity index (χ0) is 18.2. The van der Waals surface area contributed by atoms with Gasteiger partial charge in [-0.3, -0.25) is 4.79 Å². The highest BCUT2D eigenvalue weighted by atomic mass is 32.2. The van der Waals surface area contributed by atoms with Gasteiger partial charge in [0.25, 0.3) is 0 Å². The van der Waals surface area contributed by atoms with Gasteiger partial charge < -0.3 is 15.1 Å². The van der Waals surface area contributed by atoms with Crippen LogP contribution in [0.3, 0.4) is 0 Å². The van der Waals surface area contributed by atoms with Crippen LogP contribution in [0.4, 0.5) is 0 Å². The SMILES string of the molecule is CC(C)C(N)CCN(C)C(=O)CSCc1coc(-c2ccccc2)n1. The van der Waals surface area contributed by atoms with E-state index in [2.05, 4.69) is 18.8 Å². The summed E-state index contributed by atoms with van der Waals surface area (Å²) in [6.07, 6.45) is 2.49. The molecule has 1 aromatic carbocycles. The molecule has 1 heterocycles. The Hall–Kier alpha value is -1.79. The number of rotatable bonds is 9. The molecule has 0 radical (unpaired) electrons. The molecular weight excluding hydrogens is 334 g/mol. The number of nitrogens with zero attached hydrogens (tertiary/aromatic N) is 2. The fourth-order valence-electron chi connectivity index (χ4n) is 2.24. The summed E-state index contributed by atoms with van der Waals surface area (Å²) in [5.74, 6) is 2.25. The van der Waals surface area contributed by atoms with Gasteiger partial charge in [-0.15, -0.1) is 11.8 Å². The van der Waals surface area contributed by atoms with Crippen molar-refractivity contribution >= 4 is 17.7 Å². The summed E-state index contributed by atoms with van der Waals surface area (Å²) >= 11 is 1.55. The molecule has 1 amide bonds. The van der Waals surface area contributed by atoms with Crippen LogP contribution in [0.1, 0.15) is 26.0 Å². The largest absolute Gasteiger partial charge is 0.444 e. The summed E-state index contributed by atoms with van der Waals surface area (Å²) in [5, 5.41) is 0. The number of benzene rings is 1. The highest BCUT2D eigenvalue weighted by Crippen LogP contribution is 2.20. The molecule has 6 heteroatoms. The normalized spacial score (nSPS) is 12.4. The van der Waals surface area contributed by atoms with Gasteiger partial charge in [-0.25, -0.2) is 4.98 Å². The monoisotopic (exact) mass is 361 g/mol. The van der Waals surface area contributed by atoms with Crippen molar-refractivity contribution in [3.8, 4) is 11.5 Å². The molecule has 0 bridgehead atoms. The van der Waals surface area contributed by atoms with Gasteiger partial charge in [0.2, 0.25) is 11.8 Å². The Morgan fingerprint density at radius 3 is 2.72 bits per heavy atom. The van der Waals surface area contributed by atoms with Crippen molar-refractivity contribution in [3.05, 3.63) is 42.3 Å². The Balaban J connectivity index is 1.73. The van der Waals surface area contributed by atoms with E-state index in [4.69, 9.17) is 10.2 Å². The maximum atomic E-state index is 12.2. The topological polar surface area (TPSA) is 72.4 Å². The number of nitrogens with two attached hydrogens (primary N) is 1. The highest BCUT2D eigenvalue weighted by Gasteiger charge is 2.13. The van der Waals surface area contributed by atoms with Gasteiger partial charge in [0.1, 0.15) is 6.26 Å². The number of hydrogen-bond acceptors (Lipinski definition) is 5. The van der Waals surface area contributed by atoms with Gasteiger partial charge in [0, 0.05) is 31.0 Å². The third-order valence-corrected chi connectivity index (χ3v) is 5.08. The molecule has 0 fully saturated rings. The molecular formula is C19H27N3O2S. The van der Waals surface area contributed by atoms with Crippen molar-refractivity contribution in [1.82, 2.24) is 9.88 Å². The molecule has 0 aliphatic rings. The molecule has 2 N–H and O–H groups in total. The molecule has 0 spiro atoms. The Bertz CT molecular complexity index is 658. The predicted octanol–water partition coefficient (Wildman–Crippen LogP) is 3.41. The third kappa shape index (κ3) is 6.21. The van der Waals surface area contributed by atoms with Crippen molar-refractivity contribution in [2.75, 3.05) is 19.3 Å². The van der Waals surface area contributed by atoms with E-state index in [-0.39, 0.29) is 11.9 Å². The predicted molar refractivity (Wildman–Crippen MR) is 103 cm³/mol. The molecule has 1 unspecified atom stereocenters. The summed E-state index contributed by atoms with van der Waals surface area (Å²) in [5.41, 5.74) is 7.83. The second-order valence-corrected chi connectivity index (χ2v) is 7.50. The van der Waals surface area contributed by atoms with Crippen molar-refractivity contribution in [2.24, 2.45) is 11.7 Å². The summed E-state index contributed by atoms with van der Waals surface area (Å²) in [4.78, 5) is 18.4. The van der Waals surface area contributed by atoms with Crippen LogP contribution in [0.2, 0.25) is 0 Å². The highest BCUT2D eigenvalue weighted by molar-refractivity contribution is 7.99. The standard InChI is InChI=1S/C19H27N3O2S/c1-14(2)17(20)9-10-22(3)18(23)13-25-12-16-11-24-19(21-16)15-7-5-4-6-8-15/h4-8,11,14,17H,9-10,12-13,20H2,1-3H3. The Labute approximate surface area is 154 Å². The number of aromatic nitrogens is 1. The van der Waals surface area contributed by atoms with Gasteiger partial charge in [0.15, 0.2) is 0 Å². The summed E-state index contributed by atoms with van der Waals surface area (Å²) in [6, 6.07) is 9.92. The van der Waals surface area contributed by atoms with Crippen LogP contribution in [-0.4, -0.2) is 41.2 Å². The van der Waals surface area contributed by atoms with Gasteiger partial charge in [0.05, 0.1) is 11.4 Å². The molecule has 0 aliphatic carbocycles. The molecule has 2 rings (SSSR count). The van der Waals surface area contributed by atoms with Crippen LogP contribution in [-0.2, 0) is 10.5 Å². The molecule has 0 saturated carbocycles. The van der Waals surface area contributed by atoms with E-state index in [0.717, 1.165) is 17.7 Å². The number of carbonyl (C=O) groups excluding carboxylic acids is 1. The minimum atomic E-state index is 0.118. The van der Waals surface area contributed by atoms with Crippen molar-refractivity contribution in [3.63, 3.8) is 0 Å². The lowest BCUT2D eigenvalue weighted by Gasteiger charge is -2.21. The first-order valence-corrected chi connectivity index (χ1v) is 9.70. The maximum Gasteiger partial charge on any atom is 0.232 e. The van der Waals surface area contributed by atoms with Crippen LogP contribution in [0, 0.1) is 5.92 Å². The van der Waals surface area contributed by atoms with Crippen molar-refractivity contribution in [1.29, 1.82) is 0 Å². The third-order valence-electron chi connectivity index (χ3n) is 4.13. The second-order valence-electron chi connectivity index (χ2n) is 6.51. The van der Waals surface area contributed by atoms with E-state index < -0.39 is 0 Å². The van der Waals surface area contributed by atoms with Gasteiger partial charge in [-0.2, -0.15) is 0 Å². The minimum absolute atomic E-state index is 0.118. The number of thioether (sulfide) groups is 1. The number of oxazole rings is 1. The van der Waals surface area contributed by atoms with E-state index in [1.54, 1.807) is 22.9 Å². The first kappa shape index (κ1) is 19.5. The molecule has 5 nitrogen and oxygen atoms in total. The van der Waals surface area contributed by atoms with Gasteiger partial charge >= 0.3 is 0 Å². The Kier molecular flexibility index (Phi) is 7.52. The van der Waals surface area contributed by atoms with Crippen LogP contribution < -0.4 is 5.73 Å². The zero-order valence-electron chi connectivity index (χ0n) is 15.1. The average Bonchev–Trinajstić information content (AvgIpc) is 3.08. The lowest BCUT2D eigenvalue weighted by molar-refractivity contribution is -0.127. The molecule has 0 saturated heterocycles. The van der Waals surface area contributed by atoms with E-state index in [1.165, 1.54) is 0 Å². The van der Waals surface area contributed by atoms with E-state index in [1.807, 2.05) is 37.4 Å². The second kappa shape index (κ2) is 9.63. The summed E-state index contributed by atoms with van der Waals surface area (Å²) in [6.45, 7) is 4.90. The summed E-state index contributed by atoms with van der Waals surface area (Å²) < 4.78 is 5.51. The molecule has 0 aliphatic heterocycles. The van der Waals surface area contributed by atoms with E-state index >= 15 is 0 Å². The van der Waals surface area contributed by atoms with Gasteiger partial charge in [-0.1, -0.05) is 32.0 Å². The Morgan fingerprint density at radius 2 is 2.04 bits per heavy atom. The number of hydrogen-bond donors (Lipinski definition) is 1. The molecule has 2 aromatic rings. The maximum absolute atomic E-state index is 12.2. The quantitative estimate of drug-likeness (QED) is 0.741. The minimum Gasteiger partial charge on any atom is -0.444 e. The van der Waals surface area contributed by atoms with E-state index in [0.29, 0.717) is 29.9 Å². The van der Waals surface area contributed by atoms with Crippen molar-refractivity contribution < 1.29 is 9.21 Å². The fraction of sp³-hybridized carbons (Fsp3) is 0.474. The van der Waals surface area contributed by atoms with Crippen LogP contribution in [0.25, 0.3) is 11.5 Å². The first-order valence-electron chi connectivity index (χ1n) is 8.54. The Morgan fingerprint density at radius 1 is 1.32 bits per heavy atom.